The third kappa shape index (κ3) is 6.63. The van der Waals surface area contributed by atoms with Gasteiger partial charge < -0.3 is 9.64 Å². The number of hydrogen-bond acceptors (Lipinski definition) is 4. The molecule has 1 amide bonds. The van der Waals surface area contributed by atoms with E-state index < -0.39 is 32.1 Å². The van der Waals surface area contributed by atoms with E-state index in [0.29, 0.717) is 42.8 Å². The third-order valence-corrected chi connectivity index (χ3v) is 9.60. The second kappa shape index (κ2) is 11.4. The van der Waals surface area contributed by atoms with Crippen molar-refractivity contribution in [1.82, 2.24) is 9.21 Å². The van der Waals surface area contributed by atoms with Gasteiger partial charge in [-0.3, -0.25) is 4.79 Å². The molecule has 208 valence electrons. The molecular weight excluding hydrogens is 541 g/mol. The van der Waals surface area contributed by atoms with Gasteiger partial charge in [-0.2, -0.15) is 17.5 Å². The van der Waals surface area contributed by atoms with Crippen LogP contribution in [0.25, 0.3) is 0 Å². The summed E-state index contributed by atoms with van der Waals surface area (Å²) in [6, 6.07) is 8.99. The van der Waals surface area contributed by atoms with Crippen LogP contribution in [0.15, 0.2) is 47.4 Å². The topological polar surface area (TPSA) is 66.9 Å². The molecule has 6 nitrogen and oxygen atoms in total. The van der Waals surface area contributed by atoms with E-state index in [-0.39, 0.29) is 32.0 Å². The number of halogens is 4. The van der Waals surface area contributed by atoms with Crippen molar-refractivity contribution in [1.29, 1.82) is 0 Å². The monoisotopic (exact) mass is 572 g/mol. The van der Waals surface area contributed by atoms with Crippen LogP contribution in [0.1, 0.15) is 49.7 Å². The summed E-state index contributed by atoms with van der Waals surface area (Å²) in [4.78, 5) is 14.7. The summed E-state index contributed by atoms with van der Waals surface area (Å²) >= 11 is 6.13. The second-order valence-electron chi connectivity index (χ2n) is 10.3. The minimum absolute atomic E-state index is 0.0300. The molecule has 2 aliphatic heterocycles. The maximum absolute atomic E-state index is 13.5. The van der Waals surface area contributed by atoms with Gasteiger partial charge in [0.25, 0.3) is 0 Å². The Morgan fingerprint density at radius 1 is 1.05 bits per heavy atom. The Morgan fingerprint density at radius 2 is 1.79 bits per heavy atom. The SMILES string of the molecule is Cc1cc(OC[C@@]2(CC(=O)N3CCCCC3)CCCN(S(=O)(=O)c3cccc(C(F)(F)F)c3)C2)ccc1Cl. The standard InChI is InChI=1S/C27H32ClF3N2O4S/c1-20-15-22(9-10-24(20)28)37-19-26(17-25(34)32-12-3-2-4-13-32)11-6-14-33(18-26)38(35,36)23-8-5-7-21(16-23)27(29,30)31/h5,7-10,15-16H,2-4,6,11-14,17-19H2,1H3/t26-/m1/s1. The van der Waals surface area contributed by atoms with Crippen LogP contribution in [-0.4, -0.2) is 56.3 Å². The number of likely N-dealkylation sites (tertiary alicyclic amines) is 1. The van der Waals surface area contributed by atoms with E-state index >= 15 is 0 Å². The zero-order valence-electron chi connectivity index (χ0n) is 21.3. The van der Waals surface area contributed by atoms with Crippen molar-refractivity contribution in [3.05, 3.63) is 58.6 Å². The third-order valence-electron chi connectivity index (χ3n) is 7.33. The molecule has 38 heavy (non-hydrogen) atoms. The van der Waals surface area contributed by atoms with Crippen LogP contribution in [0, 0.1) is 12.3 Å². The van der Waals surface area contributed by atoms with Crippen molar-refractivity contribution < 1.29 is 31.1 Å². The number of alkyl halides is 3. The highest BCUT2D eigenvalue weighted by Gasteiger charge is 2.43. The zero-order chi connectivity index (χ0) is 27.6. The predicted molar refractivity (Wildman–Crippen MR) is 139 cm³/mol. The van der Waals surface area contributed by atoms with Gasteiger partial charge in [0.05, 0.1) is 17.1 Å². The molecular formula is C27H32ClF3N2O4S. The van der Waals surface area contributed by atoms with E-state index in [1.165, 1.54) is 10.4 Å². The van der Waals surface area contributed by atoms with Crippen LogP contribution in [0.5, 0.6) is 5.75 Å². The summed E-state index contributed by atoms with van der Waals surface area (Å²) in [5.74, 6) is 0.494. The summed E-state index contributed by atoms with van der Waals surface area (Å²) in [6.07, 6.45) is -0.652. The number of aryl methyl sites for hydroxylation is 1. The fraction of sp³-hybridized carbons (Fsp3) is 0.519. The van der Waals surface area contributed by atoms with E-state index in [9.17, 15) is 26.4 Å². The maximum atomic E-state index is 13.5. The van der Waals surface area contributed by atoms with Crippen molar-refractivity contribution in [2.75, 3.05) is 32.8 Å². The molecule has 2 heterocycles. The van der Waals surface area contributed by atoms with Crippen LogP contribution in [-0.2, 0) is 21.0 Å². The van der Waals surface area contributed by atoms with Crippen LogP contribution in [0.3, 0.4) is 0 Å². The van der Waals surface area contributed by atoms with Crippen LogP contribution in [0.4, 0.5) is 13.2 Å². The van der Waals surface area contributed by atoms with E-state index in [0.717, 1.165) is 37.0 Å². The van der Waals surface area contributed by atoms with E-state index in [1.807, 2.05) is 11.8 Å². The van der Waals surface area contributed by atoms with Crippen molar-refractivity contribution in [2.45, 2.75) is 56.5 Å². The largest absolute Gasteiger partial charge is 0.493 e. The molecule has 0 bridgehead atoms. The first-order chi connectivity index (χ1) is 17.9. The van der Waals surface area contributed by atoms with Gasteiger partial charge in [0.15, 0.2) is 0 Å². The number of benzene rings is 2. The average Bonchev–Trinajstić information content (AvgIpc) is 2.89. The summed E-state index contributed by atoms with van der Waals surface area (Å²) in [5.41, 5.74) is -1.04. The zero-order valence-corrected chi connectivity index (χ0v) is 22.8. The molecule has 0 N–H and O–H groups in total. The first kappa shape index (κ1) is 28.7. The van der Waals surface area contributed by atoms with Gasteiger partial charge in [0, 0.05) is 43.0 Å². The van der Waals surface area contributed by atoms with E-state index in [2.05, 4.69) is 0 Å². The number of hydrogen-bond donors (Lipinski definition) is 0. The van der Waals surface area contributed by atoms with Crippen molar-refractivity contribution in [2.24, 2.45) is 5.41 Å². The van der Waals surface area contributed by atoms with E-state index in [4.69, 9.17) is 16.3 Å². The molecule has 2 aromatic carbocycles. The number of sulfonamides is 1. The normalized spacial score (nSPS) is 21.3. The van der Waals surface area contributed by atoms with Crippen molar-refractivity contribution in [3.8, 4) is 5.75 Å². The van der Waals surface area contributed by atoms with Crippen LogP contribution >= 0.6 is 11.6 Å². The number of rotatable bonds is 7. The minimum Gasteiger partial charge on any atom is -0.493 e. The highest BCUT2D eigenvalue weighted by atomic mass is 35.5. The Bertz CT molecular complexity index is 1270. The molecule has 2 fully saturated rings. The number of nitrogens with zero attached hydrogens (tertiary/aromatic N) is 2. The lowest BCUT2D eigenvalue weighted by Gasteiger charge is -2.42. The number of ether oxygens (including phenoxy) is 1. The number of piperidine rings is 2. The Morgan fingerprint density at radius 3 is 2.47 bits per heavy atom. The molecule has 4 rings (SSSR count). The fourth-order valence-electron chi connectivity index (χ4n) is 5.18. The Labute approximate surface area is 226 Å². The van der Waals surface area contributed by atoms with Gasteiger partial charge in [-0.15, -0.1) is 0 Å². The Balaban J connectivity index is 1.61. The molecule has 2 saturated heterocycles. The molecule has 2 aliphatic rings. The lowest BCUT2D eigenvalue weighted by atomic mass is 9.78. The maximum Gasteiger partial charge on any atom is 0.416 e. The average molecular weight is 573 g/mol. The lowest BCUT2D eigenvalue weighted by Crippen LogP contribution is -2.51. The quantitative estimate of drug-likeness (QED) is 0.413. The van der Waals surface area contributed by atoms with Crippen molar-refractivity contribution in [3.63, 3.8) is 0 Å². The summed E-state index contributed by atoms with van der Waals surface area (Å²) in [6.45, 7) is 3.38. The molecule has 0 spiro atoms. The first-order valence-corrected chi connectivity index (χ1v) is 14.6. The number of carbonyl (C=O) groups is 1. The highest BCUT2D eigenvalue weighted by Crippen LogP contribution is 2.39. The van der Waals surface area contributed by atoms with Gasteiger partial charge in [-0.1, -0.05) is 17.7 Å². The lowest BCUT2D eigenvalue weighted by molar-refractivity contribution is -0.138. The Kier molecular flexibility index (Phi) is 8.64. The molecule has 0 unspecified atom stereocenters. The van der Waals surface area contributed by atoms with Gasteiger partial charge >= 0.3 is 6.18 Å². The minimum atomic E-state index is -4.66. The van der Waals surface area contributed by atoms with Crippen molar-refractivity contribution >= 4 is 27.5 Å². The van der Waals surface area contributed by atoms with E-state index in [1.54, 1.807) is 18.2 Å². The van der Waals surface area contributed by atoms with Gasteiger partial charge in [-0.25, -0.2) is 8.42 Å². The molecule has 1 atom stereocenters. The van der Waals surface area contributed by atoms with Crippen LogP contribution < -0.4 is 4.74 Å². The number of amides is 1. The molecule has 0 aliphatic carbocycles. The summed E-state index contributed by atoms with van der Waals surface area (Å²) in [5, 5.41) is 0.586. The molecule has 0 radical (unpaired) electrons. The highest BCUT2D eigenvalue weighted by molar-refractivity contribution is 7.89. The predicted octanol–water partition coefficient (Wildman–Crippen LogP) is 5.92. The first-order valence-electron chi connectivity index (χ1n) is 12.7. The second-order valence-corrected chi connectivity index (χ2v) is 12.6. The van der Waals surface area contributed by atoms with Gasteiger partial charge in [0.2, 0.25) is 15.9 Å². The molecule has 2 aromatic rings. The summed E-state index contributed by atoms with van der Waals surface area (Å²) in [7, 11) is -4.24. The smallest absolute Gasteiger partial charge is 0.416 e. The van der Waals surface area contributed by atoms with Crippen LogP contribution in [0.2, 0.25) is 5.02 Å². The fourth-order valence-corrected chi connectivity index (χ4v) is 6.94. The summed E-state index contributed by atoms with van der Waals surface area (Å²) < 4.78 is 74.2. The van der Waals surface area contributed by atoms with Gasteiger partial charge in [0.1, 0.15) is 5.75 Å². The molecule has 0 saturated carbocycles. The Hall–Kier alpha value is -2.30. The molecule has 0 aromatic heterocycles. The number of carbonyl (C=O) groups excluding carboxylic acids is 1. The van der Waals surface area contributed by atoms with Gasteiger partial charge in [-0.05, 0) is 81.0 Å². The molecule has 11 heteroatoms.